The summed E-state index contributed by atoms with van der Waals surface area (Å²) in [4.78, 5) is 18.6. The molecular formula is C14H25NO2. The van der Waals surface area contributed by atoms with Gasteiger partial charge in [0.2, 0.25) is 6.41 Å². The van der Waals surface area contributed by atoms with Crippen LogP contribution < -0.4 is 5.32 Å². The predicted octanol–water partition coefficient (Wildman–Crippen LogP) is 2.71. The molecule has 1 aliphatic carbocycles. The smallest absolute Gasteiger partial charge is 0.207 e. The fourth-order valence-corrected chi connectivity index (χ4v) is 1.74. The van der Waals surface area contributed by atoms with Crippen molar-refractivity contribution in [3.63, 3.8) is 0 Å². The van der Waals surface area contributed by atoms with Crippen molar-refractivity contribution in [1.29, 1.82) is 0 Å². The molecule has 0 spiro atoms. The molecule has 1 atom stereocenters. The van der Waals surface area contributed by atoms with Crippen LogP contribution in [0.2, 0.25) is 0 Å². The zero-order chi connectivity index (χ0) is 13.1. The minimum absolute atomic E-state index is 0.115. The third-order valence-corrected chi connectivity index (χ3v) is 3.01. The quantitative estimate of drug-likeness (QED) is 0.467. The van der Waals surface area contributed by atoms with Crippen LogP contribution in [0.3, 0.4) is 0 Å². The van der Waals surface area contributed by atoms with E-state index >= 15 is 0 Å². The van der Waals surface area contributed by atoms with Gasteiger partial charge in [0.05, 0.1) is 6.54 Å². The molecule has 0 heterocycles. The molecule has 0 fully saturated rings. The molecule has 0 radical (unpaired) electrons. The first-order chi connectivity index (χ1) is 8.02. The Morgan fingerprint density at radius 1 is 1.35 bits per heavy atom. The number of hydrogen-bond donors (Lipinski definition) is 1. The van der Waals surface area contributed by atoms with Crippen LogP contribution >= 0.6 is 0 Å². The zero-order valence-electron chi connectivity index (χ0n) is 11.2. The van der Waals surface area contributed by atoms with Crippen LogP contribution in [-0.4, -0.2) is 19.2 Å². The van der Waals surface area contributed by atoms with Gasteiger partial charge in [-0.15, -0.1) is 0 Å². The van der Waals surface area contributed by atoms with Crippen LogP contribution in [0.4, 0.5) is 0 Å². The van der Waals surface area contributed by atoms with E-state index in [1.54, 1.807) is 0 Å². The van der Waals surface area contributed by atoms with Crippen molar-refractivity contribution in [2.75, 3.05) is 6.54 Å². The van der Waals surface area contributed by atoms with E-state index in [1.807, 2.05) is 0 Å². The van der Waals surface area contributed by atoms with Crippen LogP contribution in [0.5, 0.6) is 0 Å². The highest BCUT2D eigenvalue weighted by molar-refractivity contribution is 5.58. The Morgan fingerprint density at radius 2 is 2.06 bits per heavy atom. The van der Waals surface area contributed by atoms with Gasteiger partial charge in [-0.3, -0.25) is 4.79 Å². The lowest BCUT2D eigenvalue weighted by molar-refractivity contribution is -0.113. The summed E-state index contributed by atoms with van der Waals surface area (Å²) in [5, 5.41) is 2.15. The molecule has 0 aliphatic heterocycles. The van der Waals surface area contributed by atoms with Gasteiger partial charge in [0, 0.05) is 0 Å². The molecule has 1 rings (SSSR count). The summed E-state index contributed by atoms with van der Waals surface area (Å²) in [6.07, 6.45) is 11.2. The predicted molar refractivity (Wildman–Crippen MR) is 70.7 cm³/mol. The third-order valence-electron chi connectivity index (χ3n) is 3.01. The second-order valence-electron chi connectivity index (χ2n) is 5.34. The highest BCUT2D eigenvalue weighted by atomic mass is 16.1. The number of carbonyl (C=O) groups is 2. The average molecular weight is 239 g/mol. The molecule has 0 aromatic heterocycles. The number of nitrogens with one attached hydrogen (secondary N) is 1. The molecule has 0 bridgehead atoms. The van der Waals surface area contributed by atoms with Gasteiger partial charge in [0.1, 0.15) is 6.29 Å². The van der Waals surface area contributed by atoms with Crippen molar-refractivity contribution in [3.05, 3.63) is 12.2 Å². The minimum Gasteiger partial charge on any atom is -0.352 e. The first-order valence-electron chi connectivity index (χ1n) is 6.29. The van der Waals surface area contributed by atoms with Gasteiger partial charge >= 0.3 is 0 Å². The van der Waals surface area contributed by atoms with Crippen LogP contribution in [0.1, 0.15) is 46.5 Å². The molecule has 0 aromatic rings. The summed E-state index contributed by atoms with van der Waals surface area (Å²) < 4.78 is 0. The first kappa shape index (κ1) is 15.9. The Hall–Kier alpha value is -1.12. The molecule has 1 N–H and O–H groups in total. The van der Waals surface area contributed by atoms with Gasteiger partial charge in [0.15, 0.2) is 0 Å². The SMILES string of the molecule is C[C@H]1/C=C/CCC(C)(C)CC1.O=CCNC=O. The third kappa shape index (κ3) is 9.79. The Balaban J connectivity index is 0.000000366. The summed E-state index contributed by atoms with van der Waals surface area (Å²) in [6, 6.07) is 0. The van der Waals surface area contributed by atoms with E-state index in [0.29, 0.717) is 18.1 Å². The molecule has 1 aliphatic rings. The summed E-state index contributed by atoms with van der Waals surface area (Å²) in [5.41, 5.74) is 0.582. The highest BCUT2D eigenvalue weighted by Crippen LogP contribution is 2.32. The van der Waals surface area contributed by atoms with Crippen LogP contribution in [0.25, 0.3) is 0 Å². The van der Waals surface area contributed by atoms with E-state index in [4.69, 9.17) is 0 Å². The number of rotatable bonds is 3. The van der Waals surface area contributed by atoms with E-state index in [0.717, 1.165) is 5.92 Å². The molecule has 3 heteroatoms. The van der Waals surface area contributed by atoms with E-state index in [-0.39, 0.29) is 6.54 Å². The van der Waals surface area contributed by atoms with Crippen LogP contribution in [-0.2, 0) is 9.59 Å². The molecule has 0 aromatic carbocycles. The van der Waals surface area contributed by atoms with Crippen molar-refractivity contribution < 1.29 is 9.59 Å². The maximum absolute atomic E-state index is 9.34. The Morgan fingerprint density at radius 3 is 2.59 bits per heavy atom. The van der Waals surface area contributed by atoms with Crippen LogP contribution in [0.15, 0.2) is 12.2 Å². The minimum atomic E-state index is 0.115. The summed E-state index contributed by atoms with van der Waals surface area (Å²) in [7, 11) is 0. The molecule has 0 saturated heterocycles. The fraction of sp³-hybridized carbons (Fsp3) is 0.714. The van der Waals surface area contributed by atoms with E-state index in [1.165, 1.54) is 25.7 Å². The first-order valence-corrected chi connectivity index (χ1v) is 6.29. The Kier molecular flexibility index (Phi) is 8.38. The maximum Gasteiger partial charge on any atom is 0.207 e. The number of amides is 1. The van der Waals surface area contributed by atoms with Crippen molar-refractivity contribution in [2.24, 2.45) is 11.3 Å². The molecule has 0 unspecified atom stereocenters. The van der Waals surface area contributed by atoms with Gasteiger partial charge < -0.3 is 10.1 Å². The summed E-state index contributed by atoms with van der Waals surface area (Å²) >= 11 is 0. The molecule has 3 nitrogen and oxygen atoms in total. The van der Waals surface area contributed by atoms with Crippen molar-refractivity contribution >= 4 is 12.7 Å². The number of hydrogen-bond acceptors (Lipinski definition) is 2. The number of aldehydes is 1. The lowest BCUT2D eigenvalue weighted by atomic mass is 9.79. The average Bonchev–Trinajstić information content (AvgIpc) is 2.29. The number of allylic oxidation sites excluding steroid dienone is 2. The second kappa shape index (κ2) is 8.97. The van der Waals surface area contributed by atoms with Gasteiger partial charge in [-0.25, -0.2) is 0 Å². The normalized spacial score (nSPS) is 24.3. The lowest BCUT2D eigenvalue weighted by Crippen LogP contribution is -2.13. The van der Waals surface area contributed by atoms with Crippen molar-refractivity contribution in [1.82, 2.24) is 5.32 Å². The fourth-order valence-electron chi connectivity index (χ4n) is 1.74. The molecular weight excluding hydrogens is 214 g/mol. The van der Waals surface area contributed by atoms with Crippen molar-refractivity contribution in [3.8, 4) is 0 Å². The highest BCUT2D eigenvalue weighted by Gasteiger charge is 2.18. The second-order valence-corrected chi connectivity index (χ2v) is 5.34. The monoisotopic (exact) mass is 239 g/mol. The largest absolute Gasteiger partial charge is 0.352 e. The van der Waals surface area contributed by atoms with E-state index < -0.39 is 0 Å². The topological polar surface area (TPSA) is 46.2 Å². The Bertz CT molecular complexity index is 239. The van der Waals surface area contributed by atoms with Crippen molar-refractivity contribution in [2.45, 2.75) is 46.5 Å². The lowest BCUT2D eigenvalue weighted by Gasteiger charge is -2.26. The Labute approximate surface area is 105 Å². The summed E-state index contributed by atoms with van der Waals surface area (Å²) in [5.74, 6) is 0.801. The molecule has 0 saturated carbocycles. The van der Waals surface area contributed by atoms with E-state index in [9.17, 15) is 9.59 Å². The molecule has 98 valence electrons. The maximum atomic E-state index is 9.34. The summed E-state index contributed by atoms with van der Waals surface area (Å²) in [6.45, 7) is 7.21. The van der Waals surface area contributed by atoms with E-state index in [2.05, 4.69) is 38.2 Å². The molecule has 1 amide bonds. The standard InChI is InChI=1S/C11H20.C3H5NO2/c1-10-6-4-5-8-11(2,3)9-7-10;5-2-1-4-3-6/h4,6,10H,5,7-9H2,1-3H3;2-3H,1H2,(H,4,6)/b6-4+;/t10-;/m0./s1. The number of carbonyl (C=O) groups excluding carboxylic acids is 2. The zero-order valence-corrected chi connectivity index (χ0v) is 11.2. The van der Waals surface area contributed by atoms with Gasteiger partial charge in [-0.2, -0.15) is 0 Å². The molecule has 17 heavy (non-hydrogen) atoms. The van der Waals surface area contributed by atoms with Gasteiger partial charge in [-0.1, -0.05) is 32.9 Å². The van der Waals surface area contributed by atoms with Gasteiger partial charge in [-0.05, 0) is 37.0 Å². The van der Waals surface area contributed by atoms with Gasteiger partial charge in [0.25, 0.3) is 0 Å². The van der Waals surface area contributed by atoms with Crippen LogP contribution in [0, 0.1) is 11.3 Å².